The number of carbonyl (C=O) groups excluding carboxylic acids is 1. The maximum atomic E-state index is 12.1. The number of ether oxygens (including phenoxy) is 1. The summed E-state index contributed by atoms with van der Waals surface area (Å²) in [7, 11) is 1.47. The van der Waals surface area contributed by atoms with Crippen molar-refractivity contribution in [3.05, 3.63) is 47.0 Å². The average molecular weight is 293 g/mol. The maximum Gasteiger partial charge on any atom is 0.259 e. The molecule has 4 N–H and O–H groups in total. The summed E-state index contributed by atoms with van der Waals surface area (Å²) in [4.78, 5) is 12.1. The van der Waals surface area contributed by atoms with E-state index in [2.05, 4.69) is 5.32 Å². The van der Waals surface area contributed by atoms with Crippen LogP contribution >= 0.6 is 11.6 Å². The first-order valence-electron chi connectivity index (χ1n) is 5.74. The van der Waals surface area contributed by atoms with Crippen LogP contribution in [0.4, 0.5) is 11.4 Å². The lowest BCUT2D eigenvalue weighted by atomic mass is 10.1. The Balaban J connectivity index is 2.30. The Morgan fingerprint density at radius 2 is 2.05 bits per heavy atom. The third kappa shape index (κ3) is 2.95. The quantitative estimate of drug-likeness (QED) is 0.759. The summed E-state index contributed by atoms with van der Waals surface area (Å²) in [5.41, 5.74) is 6.69. The number of hydrogen-bond acceptors (Lipinski definition) is 4. The summed E-state index contributed by atoms with van der Waals surface area (Å²) in [5.74, 6) is -0.214. The van der Waals surface area contributed by atoms with Gasteiger partial charge >= 0.3 is 0 Å². The molecule has 20 heavy (non-hydrogen) atoms. The van der Waals surface area contributed by atoms with Gasteiger partial charge in [-0.3, -0.25) is 4.79 Å². The van der Waals surface area contributed by atoms with Gasteiger partial charge in [0.15, 0.2) is 0 Å². The highest BCUT2D eigenvalue weighted by Crippen LogP contribution is 2.28. The van der Waals surface area contributed by atoms with E-state index in [1.165, 1.54) is 25.3 Å². The second kappa shape index (κ2) is 5.71. The van der Waals surface area contributed by atoms with E-state index in [0.717, 1.165) is 0 Å². The lowest BCUT2D eigenvalue weighted by Gasteiger charge is -2.11. The molecular weight excluding hydrogens is 280 g/mol. The Hall–Kier alpha value is -2.40. The molecule has 0 atom stereocenters. The van der Waals surface area contributed by atoms with Crippen molar-refractivity contribution in [1.82, 2.24) is 0 Å². The fraction of sp³-hybridized carbons (Fsp3) is 0.0714. The van der Waals surface area contributed by atoms with Crippen LogP contribution in [0.5, 0.6) is 11.5 Å². The van der Waals surface area contributed by atoms with E-state index < -0.39 is 5.91 Å². The Morgan fingerprint density at radius 1 is 1.30 bits per heavy atom. The number of amides is 1. The molecule has 0 fully saturated rings. The first-order valence-corrected chi connectivity index (χ1v) is 6.12. The van der Waals surface area contributed by atoms with E-state index in [9.17, 15) is 9.90 Å². The molecule has 1 amide bonds. The van der Waals surface area contributed by atoms with Crippen LogP contribution in [-0.4, -0.2) is 18.1 Å². The Bertz CT molecular complexity index is 659. The Labute approximate surface area is 120 Å². The van der Waals surface area contributed by atoms with Gasteiger partial charge in [0.1, 0.15) is 11.5 Å². The molecule has 2 rings (SSSR count). The van der Waals surface area contributed by atoms with Crippen molar-refractivity contribution < 1.29 is 14.6 Å². The fourth-order valence-corrected chi connectivity index (χ4v) is 1.86. The number of rotatable bonds is 3. The molecule has 0 unspecified atom stereocenters. The summed E-state index contributed by atoms with van der Waals surface area (Å²) >= 11 is 5.81. The molecule has 0 bridgehead atoms. The predicted molar refractivity (Wildman–Crippen MR) is 78.5 cm³/mol. The van der Waals surface area contributed by atoms with Gasteiger partial charge in [0.2, 0.25) is 0 Å². The van der Waals surface area contributed by atoms with Gasteiger partial charge in [-0.2, -0.15) is 0 Å². The van der Waals surface area contributed by atoms with Crippen LogP contribution < -0.4 is 15.8 Å². The minimum absolute atomic E-state index is 0.0800. The number of halogens is 1. The molecule has 0 saturated heterocycles. The van der Waals surface area contributed by atoms with Gasteiger partial charge in [-0.1, -0.05) is 11.6 Å². The molecule has 0 aliphatic rings. The standard InChI is InChI=1S/C14H13ClN2O3/c1-20-13-7-9(16)3-4-11(13)17-14(19)10-6-8(15)2-5-12(10)18/h2-7,18H,16H2,1H3,(H,17,19). The number of methoxy groups -OCH3 is 1. The number of nitrogen functional groups attached to an aromatic ring is 1. The lowest BCUT2D eigenvalue weighted by Crippen LogP contribution is -2.13. The monoisotopic (exact) mass is 292 g/mol. The maximum absolute atomic E-state index is 12.1. The van der Waals surface area contributed by atoms with Gasteiger partial charge in [-0.15, -0.1) is 0 Å². The van der Waals surface area contributed by atoms with Gasteiger partial charge in [0.25, 0.3) is 5.91 Å². The van der Waals surface area contributed by atoms with Crippen LogP contribution in [0, 0.1) is 0 Å². The molecule has 104 valence electrons. The SMILES string of the molecule is COc1cc(N)ccc1NC(=O)c1cc(Cl)ccc1O. The molecule has 6 heteroatoms. The zero-order valence-corrected chi connectivity index (χ0v) is 11.4. The largest absolute Gasteiger partial charge is 0.507 e. The van der Waals surface area contributed by atoms with Crippen molar-refractivity contribution in [3.63, 3.8) is 0 Å². The normalized spacial score (nSPS) is 10.1. The second-order valence-corrected chi connectivity index (χ2v) is 4.51. The molecule has 0 aliphatic carbocycles. The summed E-state index contributed by atoms with van der Waals surface area (Å²) in [6.45, 7) is 0. The van der Waals surface area contributed by atoms with Crippen LogP contribution in [0.25, 0.3) is 0 Å². The van der Waals surface area contributed by atoms with Crippen LogP contribution in [0.1, 0.15) is 10.4 Å². The molecule has 0 spiro atoms. The summed E-state index contributed by atoms with van der Waals surface area (Å²) in [6, 6.07) is 9.09. The number of nitrogens with one attached hydrogen (secondary N) is 1. The molecule has 0 aromatic heterocycles. The minimum Gasteiger partial charge on any atom is -0.507 e. The molecule has 2 aromatic rings. The first-order chi connectivity index (χ1) is 9.51. The van der Waals surface area contributed by atoms with Crippen LogP contribution in [0.15, 0.2) is 36.4 Å². The Kier molecular flexibility index (Phi) is 4.00. The topological polar surface area (TPSA) is 84.6 Å². The number of aromatic hydroxyl groups is 1. The van der Waals surface area contributed by atoms with Crippen molar-refractivity contribution in [2.75, 3.05) is 18.2 Å². The number of benzene rings is 2. The Morgan fingerprint density at radius 3 is 2.75 bits per heavy atom. The second-order valence-electron chi connectivity index (χ2n) is 4.08. The van der Waals surface area contributed by atoms with Gasteiger partial charge in [-0.05, 0) is 30.3 Å². The number of anilines is 2. The highest BCUT2D eigenvalue weighted by molar-refractivity contribution is 6.31. The van der Waals surface area contributed by atoms with E-state index in [4.69, 9.17) is 22.1 Å². The fourth-order valence-electron chi connectivity index (χ4n) is 1.69. The molecule has 2 aromatic carbocycles. The minimum atomic E-state index is -0.493. The average Bonchev–Trinajstić information content (AvgIpc) is 2.43. The highest BCUT2D eigenvalue weighted by atomic mass is 35.5. The van der Waals surface area contributed by atoms with Gasteiger partial charge < -0.3 is 20.9 Å². The van der Waals surface area contributed by atoms with Crippen LogP contribution in [-0.2, 0) is 0 Å². The van der Waals surface area contributed by atoms with Crippen molar-refractivity contribution >= 4 is 28.9 Å². The van der Waals surface area contributed by atoms with E-state index in [-0.39, 0.29) is 11.3 Å². The van der Waals surface area contributed by atoms with E-state index in [0.29, 0.717) is 22.1 Å². The zero-order valence-electron chi connectivity index (χ0n) is 10.7. The highest BCUT2D eigenvalue weighted by Gasteiger charge is 2.14. The van der Waals surface area contributed by atoms with Gasteiger partial charge in [-0.25, -0.2) is 0 Å². The van der Waals surface area contributed by atoms with Crippen molar-refractivity contribution in [3.8, 4) is 11.5 Å². The molecular formula is C14H13ClN2O3. The first kappa shape index (κ1) is 14.0. The van der Waals surface area contributed by atoms with Crippen molar-refractivity contribution in [1.29, 1.82) is 0 Å². The molecule has 0 radical (unpaired) electrons. The number of hydrogen-bond donors (Lipinski definition) is 3. The number of phenolic OH excluding ortho intramolecular Hbond substituents is 1. The molecule has 0 saturated carbocycles. The van der Waals surface area contributed by atoms with Gasteiger partial charge in [0, 0.05) is 16.8 Å². The summed E-state index contributed by atoms with van der Waals surface area (Å²) in [6.07, 6.45) is 0. The zero-order chi connectivity index (χ0) is 14.7. The summed E-state index contributed by atoms with van der Waals surface area (Å²) in [5, 5.41) is 12.7. The van der Waals surface area contributed by atoms with Crippen LogP contribution in [0.2, 0.25) is 5.02 Å². The number of phenols is 1. The number of carbonyl (C=O) groups is 1. The number of nitrogens with two attached hydrogens (primary N) is 1. The van der Waals surface area contributed by atoms with Crippen molar-refractivity contribution in [2.24, 2.45) is 0 Å². The molecule has 0 heterocycles. The van der Waals surface area contributed by atoms with Gasteiger partial charge in [0.05, 0.1) is 18.4 Å². The van der Waals surface area contributed by atoms with E-state index in [1.54, 1.807) is 18.2 Å². The summed E-state index contributed by atoms with van der Waals surface area (Å²) < 4.78 is 5.13. The van der Waals surface area contributed by atoms with Crippen LogP contribution in [0.3, 0.4) is 0 Å². The smallest absolute Gasteiger partial charge is 0.259 e. The third-order valence-corrected chi connectivity index (χ3v) is 2.91. The van der Waals surface area contributed by atoms with E-state index in [1.807, 2.05) is 0 Å². The van der Waals surface area contributed by atoms with E-state index >= 15 is 0 Å². The molecule has 5 nitrogen and oxygen atoms in total. The molecule has 0 aliphatic heterocycles. The van der Waals surface area contributed by atoms with Crippen molar-refractivity contribution in [2.45, 2.75) is 0 Å². The lowest BCUT2D eigenvalue weighted by molar-refractivity contribution is 0.102. The third-order valence-electron chi connectivity index (χ3n) is 2.68. The predicted octanol–water partition coefficient (Wildman–Crippen LogP) is 2.89.